The lowest BCUT2D eigenvalue weighted by Crippen LogP contribution is -2.38. The zero-order chi connectivity index (χ0) is 18.5. The van der Waals surface area contributed by atoms with E-state index in [1.807, 2.05) is 0 Å². The second kappa shape index (κ2) is 8.61. The molecule has 1 aromatic rings. The Hall–Kier alpha value is -1.97. The van der Waals surface area contributed by atoms with Gasteiger partial charge in [0.1, 0.15) is 5.82 Å². The zero-order valence-electron chi connectivity index (χ0n) is 15.0. The van der Waals surface area contributed by atoms with E-state index in [0.717, 1.165) is 25.7 Å². The fourth-order valence-corrected chi connectivity index (χ4v) is 3.47. The third-order valence-corrected chi connectivity index (χ3v) is 4.92. The Morgan fingerprint density at radius 2 is 2.04 bits per heavy atom. The molecule has 0 unspecified atom stereocenters. The molecule has 9 nitrogen and oxygen atoms in total. The number of amides is 1. The monoisotopic (exact) mass is 365 g/mol. The quantitative estimate of drug-likeness (QED) is 0.573. The summed E-state index contributed by atoms with van der Waals surface area (Å²) < 4.78 is 10.7. The zero-order valence-corrected chi connectivity index (χ0v) is 15.0. The van der Waals surface area contributed by atoms with Crippen molar-refractivity contribution in [3.05, 3.63) is 11.8 Å². The minimum absolute atomic E-state index is 0.142. The Balaban J connectivity index is 1.68. The number of carbonyl (C=O) groups is 1. The number of primary amides is 1. The average molecular weight is 365 g/mol. The van der Waals surface area contributed by atoms with Crippen LogP contribution in [0.15, 0.2) is 6.20 Å². The number of anilines is 2. The van der Waals surface area contributed by atoms with Gasteiger partial charge in [0, 0.05) is 19.3 Å². The maximum Gasteiger partial charge on any atom is 0.254 e. The third-order valence-electron chi connectivity index (χ3n) is 4.92. The molecule has 2 fully saturated rings. The highest BCUT2D eigenvalue weighted by atomic mass is 16.5. The number of ether oxygens (including phenoxy) is 2. The topological polar surface area (TPSA) is 132 Å². The van der Waals surface area contributed by atoms with Crippen LogP contribution in [0.2, 0.25) is 0 Å². The normalized spacial score (nSPS) is 29.2. The van der Waals surface area contributed by atoms with Gasteiger partial charge in [0.05, 0.1) is 37.0 Å². The molecule has 0 bridgehead atoms. The Morgan fingerprint density at radius 1 is 1.27 bits per heavy atom. The van der Waals surface area contributed by atoms with Gasteiger partial charge in [-0.2, -0.15) is 4.98 Å². The fraction of sp³-hybridized carbons (Fsp3) is 0.706. The Labute approximate surface area is 152 Å². The molecule has 1 amide bonds. The van der Waals surface area contributed by atoms with E-state index in [4.69, 9.17) is 15.2 Å². The predicted octanol–water partition coefficient (Wildman–Crippen LogP) is 0.507. The first-order chi connectivity index (χ1) is 12.5. The van der Waals surface area contributed by atoms with Crippen molar-refractivity contribution in [1.29, 1.82) is 0 Å². The lowest BCUT2D eigenvalue weighted by molar-refractivity contribution is -0.0117. The molecule has 1 aliphatic carbocycles. The highest BCUT2D eigenvalue weighted by molar-refractivity contribution is 5.97. The largest absolute Gasteiger partial charge is 0.391 e. The number of nitrogens with two attached hydrogens (primary N) is 1. The first-order valence-electron chi connectivity index (χ1n) is 9.03. The number of carbonyl (C=O) groups excluding carboxylic acids is 1. The van der Waals surface area contributed by atoms with Crippen LogP contribution in [0.25, 0.3) is 0 Å². The molecule has 0 spiro atoms. The number of aliphatic hydroxyl groups is 1. The van der Waals surface area contributed by atoms with Crippen LogP contribution in [0.5, 0.6) is 0 Å². The molecule has 2 heterocycles. The highest BCUT2D eigenvalue weighted by Gasteiger charge is 2.24. The molecule has 26 heavy (non-hydrogen) atoms. The molecule has 0 radical (unpaired) electrons. The number of aliphatic hydroxyl groups excluding tert-OH is 1. The second-order valence-electron chi connectivity index (χ2n) is 6.94. The predicted molar refractivity (Wildman–Crippen MR) is 96.1 cm³/mol. The van der Waals surface area contributed by atoms with Crippen molar-refractivity contribution in [2.45, 2.75) is 56.4 Å². The van der Waals surface area contributed by atoms with Crippen LogP contribution in [0.4, 0.5) is 11.8 Å². The van der Waals surface area contributed by atoms with Gasteiger partial charge in [-0.15, -0.1) is 0 Å². The molecule has 0 aromatic carbocycles. The summed E-state index contributed by atoms with van der Waals surface area (Å²) in [5, 5.41) is 16.2. The molecule has 5 N–H and O–H groups in total. The molecule has 2 atom stereocenters. The van der Waals surface area contributed by atoms with Gasteiger partial charge in [0.25, 0.3) is 5.91 Å². The summed E-state index contributed by atoms with van der Waals surface area (Å²) in [6, 6.07) is 0.130. The molecule has 144 valence electrons. The molecule has 3 rings (SSSR count). The van der Waals surface area contributed by atoms with Gasteiger partial charge in [-0.25, -0.2) is 4.98 Å². The van der Waals surface area contributed by atoms with Gasteiger partial charge in [0.15, 0.2) is 0 Å². The van der Waals surface area contributed by atoms with E-state index < -0.39 is 12.0 Å². The van der Waals surface area contributed by atoms with Gasteiger partial charge >= 0.3 is 0 Å². The van der Waals surface area contributed by atoms with Gasteiger partial charge < -0.3 is 30.9 Å². The summed E-state index contributed by atoms with van der Waals surface area (Å²) >= 11 is 0. The molecule has 1 aromatic heterocycles. The fourth-order valence-electron chi connectivity index (χ4n) is 3.47. The standard InChI is InChI=1S/C17H27N5O4/c1-25-13-4-2-10(3-5-13)21-17-19-7-14(15(18)24)16(22-17)20-11-6-12(23)9-26-8-11/h7,10-13,23H,2-6,8-9H2,1H3,(H2,18,24)(H2,19,20,21,22)/t10-,11-,12+,13-/m0/s1. The summed E-state index contributed by atoms with van der Waals surface area (Å²) in [6.45, 7) is 0.755. The van der Waals surface area contributed by atoms with E-state index in [0.29, 0.717) is 37.5 Å². The van der Waals surface area contributed by atoms with E-state index in [1.165, 1.54) is 6.20 Å². The second-order valence-corrected chi connectivity index (χ2v) is 6.94. The van der Waals surface area contributed by atoms with Crippen molar-refractivity contribution in [1.82, 2.24) is 9.97 Å². The summed E-state index contributed by atoms with van der Waals surface area (Å²) in [6.07, 6.45) is 5.68. The van der Waals surface area contributed by atoms with Crippen LogP contribution in [0, 0.1) is 0 Å². The Morgan fingerprint density at radius 3 is 2.69 bits per heavy atom. The molecular weight excluding hydrogens is 338 g/mol. The minimum Gasteiger partial charge on any atom is -0.391 e. The molecule has 1 saturated carbocycles. The number of hydrogen-bond donors (Lipinski definition) is 4. The van der Waals surface area contributed by atoms with Crippen LogP contribution in [0.1, 0.15) is 42.5 Å². The van der Waals surface area contributed by atoms with Gasteiger partial charge in [0.2, 0.25) is 5.95 Å². The summed E-state index contributed by atoms with van der Waals surface area (Å²) in [7, 11) is 1.74. The lowest BCUT2D eigenvalue weighted by atomic mass is 9.93. The number of hydrogen-bond acceptors (Lipinski definition) is 8. The van der Waals surface area contributed by atoms with Crippen molar-refractivity contribution < 1.29 is 19.4 Å². The lowest BCUT2D eigenvalue weighted by Gasteiger charge is -2.29. The van der Waals surface area contributed by atoms with Crippen LogP contribution in [0.3, 0.4) is 0 Å². The van der Waals surface area contributed by atoms with Crippen molar-refractivity contribution >= 4 is 17.7 Å². The van der Waals surface area contributed by atoms with Crippen LogP contribution >= 0.6 is 0 Å². The van der Waals surface area contributed by atoms with E-state index >= 15 is 0 Å². The number of rotatable bonds is 6. The first kappa shape index (κ1) is 18.8. The van der Waals surface area contributed by atoms with Crippen LogP contribution in [-0.2, 0) is 9.47 Å². The molecule has 9 heteroatoms. The number of methoxy groups -OCH3 is 1. The highest BCUT2D eigenvalue weighted by Crippen LogP contribution is 2.24. The van der Waals surface area contributed by atoms with Crippen molar-refractivity contribution in [3.8, 4) is 0 Å². The molecular formula is C17H27N5O4. The molecule has 2 aliphatic rings. The van der Waals surface area contributed by atoms with Crippen molar-refractivity contribution in [2.75, 3.05) is 31.0 Å². The first-order valence-corrected chi connectivity index (χ1v) is 9.03. The Bertz CT molecular complexity index is 621. The van der Waals surface area contributed by atoms with E-state index in [9.17, 15) is 9.90 Å². The van der Waals surface area contributed by atoms with Gasteiger partial charge in [-0.05, 0) is 32.1 Å². The minimum atomic E-state index is -0.600. The Kier molecular flexibility index (Phi) is 6.23. The number of nitrogens with one attached hydrogen (secondary N) is 2. The SMILES string of the molecule is CO[C@H]1CC[C@H](Nc2ncc(C(N)=O)c(N[C@@H]3COC[C@H](O)C3)n2)CC1. The van der Waals surface area contributed by atoms with E-state index in [2.05, 4.69) is 20.6 Å². The molecule has 1 aliphatic heterocycles. The molecule has 1 saturated heterocycles. The summed E-state index contributed by atoms with van der Waals surface area (Å²) in [5.41, 5.74) is 5.66. The summed E-state index contributed by atoms with van der Waals surface area (Å²) in [5.74, 6) is 0.218. The van der Waals surface area contributed by atoms with Gasteiger partial charge in [-0.1, -0.05) is 0 Å². The van der Waals surface area contributed by atoms with E-state index in [1.54, 1.807) is 7.11 Å². The third kappa shape index (κ3) is 4.80. The average Bonchev–Trinajstić information content (AvgIpc) is 2.62. The van der Waals surface area contributed by atoms with Crippen LogP contribution in [-0.4, -0.2) is 65.6 Å². The van der Waals surface area contributed by atoms with Gasteiger partial charge in [-0.3, -0.25) is 4.79 Å². The maximum absolute atomic E-state index is 11.7. The van der Waals surface area contributed by atoms with Crippen LogP contribution < -0.4 is 16.4 Å². The number of aromatic nitrogens is 2. The van der Waals surface area contributed by atoms with E-state index in [-0.39, 0.29) is 17.6 Å². The summed E-state index contributed by atoms with van der Waals surface area (Å²) in [4.78, 5) is 20.4. The smallest absolute Gasteiger partial charge is 0.254 e. The maximum atomic E-state index is 11.7. The van der Waals surface area contributed by atoms with Crippen molar-refractivity contribution in [2.24, 2.45) is 5.73 Å². The number of nitrogens with zero attached hydrogens (tertiary/aromatic N) is 2. The van der Waals surface area contributed by atoms with Crippen molar-refractivity contribution in [3.63, 3.8) is 0 Å².